The largest absolute Gasteiger partial charge is 0.399 e. The summed E-state index contributed by atoms with van der Waals surface area (Å²) >= 11 is 11.9. The first kappa shape index (κ1) is 16.0. The van der Waals surface area contributed by atoms with Crippen molar-refractivity contribution in [3.63, 3.8) is 0 Å². The molecule has 1 spiro atoms. The highest BCUT2D eigenvalue weighted by molar-refractivity contribution is 6.41. The zero-order valence-electron chi connectivity index (χ0n) is 11.9. The minimum absolute atomic E-state index is 0.117. The number of hydrogen-bond donors (Lipinski definition) is 1. The molecule has 2 aliphatic rings. The predicted molar refractivity (Wildman–Crippen MR) is 83.1 cm³/mol. The molecule has 3 rings (SSSR count). The van der Waals surface area contributed by atoms with Gasteiger partial charge < -0.3 is 14.8 Å². The number of anilines is 1. The summed E-state index contributed by atoms with van der Waals surface area (Å²) in [6.45, 7) is 1.26. The van der Waals surface area contributed by atoms with E-state index in [2.05, 4.69) is 10.3 Å². The number of carbonyl (C=O) groups is 2. The number of hydrogen-bond acceptors (Lipinski definition) is 7. The predicted octanol–water partition coefficient (Wildman–Crippen LogP) is 1.50. The highest BCUT2D eigenvalue weighted by atomic mass is 35.5. The summed E-state index contributed by atoms with van der Waals surface area (Å²) in [5, 5.41) is 3.51. The molecule has 0 bridgehead atoms. The second-order valence-corrected chi connectivity index (χ2v) is 5.80. The Morgan fingerprint density at radius 2 is 1.91 bits per heavy atom. The molecule has 23 heavy (non-hydrogen) atoms. The lowest BCUT2D eigenvalue weighted by atomic mass is 10.3. The lowest BCUT2D eigenvalue weighted by Crippen LogP contribution is -2.58. The van der Waals surface area contributed by atoms with Crippen molar-refractivity contribution in [1.82, 2.24) is 10.3 Å². The van der Waals surface area contributed by atoms with Crippen LogP contribution in [0.2, 0.25) is 10.2 Å². The summed E-state index contributed by atoms with van der Waals surface area (Å²) in [6.07, 6.45) is 4.30. The summed E-state index contributed by atoms with van der Waals surface area (Å²) in [5.41, 5.74) is 0.533. The van der Waals surface area contributed by atoms with E-state index >= 15 is 0 Å². The van der Waals surface area contributed by atoms with Crippen LogP contribution in [0, 0.1) is 0 Å². The molecule has 1 aromatic rings. The molecule has 1 saturated heterocycles. The van der Waals surface area contributed by atoms with Gasteiger partial charge in [-0.1, -0.05) is 23.2 Å². The molecule has 3 heterocycles. The third-order valence-electron chi connectivity index (χ3n) is 3.46. The number of ether oxygens (including phenoxy) is 2. The first-order valence-electron chi connectivity index (χ1n) is 6.94. The fraction of sp³-hybridized carbons (Fsp3) is 0.357. The highest BCUT2D eigenvalue weighted by Crippen LogP contribution is 2.32. The summed E-state index contributed by atoms with van der Waals surface area (Å²) in [7, 11) is 0. The van der Waals surface area contributed by atoms with Crippen molar-refractivity contribution >= 4 is 40.8 Å². The molecule has 1 aromatic heterocycles. The Morgan fingerprint density at radius 1 is 1.22 bits per heavy atom. The van der Waals surface area contributed by atoms with E-state index in [0.29, 0.717) is 18.8 Å². The molecule has 0 saturated carbocycles. The number of esters is 2. The van der Waals surface area contributed by atoms with E-state index in [-0.39, 0.29) is 16.7 Å². The number of rotatable bonds is 1. The number of halogens is 2. The molecular weight excluding hydrogens is 345 g/mol. The van der Waals surface area contributed by atoms with Gasteiger partial charge in [0.1, 0.15) is 5.15 Å². The Labute approximate surface area is 142 Å². The first-order chi connectivity index (χ1) is 11.0. The molecule has 0 unspecified atom stereocenters. The Kier molecular flexibility index (Phi) is 4.43. The fourth-order valence-electron chi connectivity index (χ4n) is 2.48. The van der Waals surface area contributed by atoms with Gasteiger partial charge in [-0.3, -0.25) is 4.90 Å². The van der Waals surface area contributed by atoms with Crippen molar-refractivity contribution in [3.8, 4) is 0 Å². The van der Waals surface area contributed by atoms with Gasteiger partial charge in [0, 0.05) is 18.7 Å². The van der Waals surface area contributed by atoms with E-state index < -0.39 is 17.8 Å². The van der Waals surface area contributed by atoms with Gasteiger partial charge in [-0.05, 0) is 19.0 Å². The molecule has 2 aliphatic heterocycles. The normalized spacial score (nSPS) is 20.7. The number of carbonyl (C=O) groups excluding carboxylic acids is 2. The van der Waals surface area contributed by atoms with E-state index in [0.717, 1.165) is 18.6 Å². The molecule has 0 amide bonds. The van der Waals surface area contributed by atoms with Gasteiger partial charge in [-0.15, -0.1) is 0 Å². The Hall–Kier alpha value is -1.83. The molecule has 0 aliphatic carbocycles. The van der Waals surface area contributed by atoms with Crippen LogP contribution in [0.3, 0.4) is 0 Å². The third-order valence-corrected chi connectivity index (χ3v) is 4.15. The van der Waals surface area contributed by atoms with Crippen molar-refractivity contribution in [2.45, 2.75) is 12.3 Å². The van der Waals surface area contributed by atoms with Gasteiger partial charge in [0.25, 0.3) is 0 Å². The van der Waals surface area contributed by atoms with E-state index in [4.69, 9.17) is 32.7 Å². The number of nitrogens with one attached hydrogen (secondary N) is 1. The van der Waals surface area contributed by atoms with Crippen LogP contribution in [0.5, 0.6) is 0 Å². The fourth-order valence-corrected chi connectivity index (χ4v) is 2.74. The minimum Gasteiger partial charge on any atom is -0.399 e. The lowest BCUT2D eigenvalue weighted by molar-refractivity contribution is -0.217. The van der Waals surface area contributed by atoms with Crippen LogP contribution in [-0.4, -0.2) is 42.5 Å². The van der Waals surface area contributed by atoms with Gasteiger partial charge >= 0.3 is 17.8 Å². The SMILES string of the molecule is O=C1C=CC(=O)OC2(CNCCCN2c2cnc(Cl)c(Cl)c2)O1. The summed E-state index contributed by atoms with van der Waals surface area (Å²) in [5.74, 6) is -2.94. The maximum atomic E-state index is 11.9. The third kappa shape index (κ3) is 3.26. The monoisotopic (exact) mass is 357 g/mol. The van der Waals surface area contributed by atoms with E-state index in [1.165, 1.54) is 6.20 Å². The zero-order chi connectivity index (χ0) is 16.4. The molecule has 1 fully saturated rings. The van der Waals surface area contributed by atoms with Gasteiger partial charge in [0.2, 0.25) is 0 Å². The quantitative estimate of drug-likeness (QED) is 0.602. The summed E-state index contributed by atoms with van der Waals surface area (Å²) in [4.78, 5) is 29.4. The molecule has 0 atom stereocenters. The maximum absolute atomic E-state index is 11.9. The van der Waals surface area contributed by atoms with Gasteiger partial charge in [0.15, 0.2) is 0 Å². The van der Waals surface area contributed by atoms with Crippen molar-refractivity contribution in [3.05, 3.63) is 34.6 Å². The van der Waals surface area contributed by atoms with Crippen LogP contribution in [0.1, 0.15) is 6.42 Å². The molecule has 122 valence electrons. The van der Waals surface area contributed by atoms with Crippen molar-refractivity contribution in [2.24, 2.45) is 0 Å². The number of pyridine rings is 1. The van der Waals surface area contributed by atoms with Gasteiger partial charge in [0.05, 0.1) is 23.5 Å². The zero-order valence-corrected chi connectivity index (χ0v) is 13.4. The van der Waals surface area contributed by atoms with Crippen molar-refractivity contribution in [1.29, 1.82) is 0 Å². The number of nitrogens with zero attached hydrogens (tertiary/aromatic N) is 2. The number of aromatic nitrogens is 1. The van der Waals surface area contributed by atoms with Crippen LogP contribution in [-0.2, 0) is 19.1 Å². The van der Waals surface area contributed by atoms with E-state index in [9.17, 15) is 9.59 Å². The van der Waals surface area contributed by atoms with Gasteiger partial charge in [-0.25, -0.2) is 14.6 Å². The van der Waals surface area contributed by atoms with E-state index in [1.54, 1.807) is 11.0 Å². The first-order valence-corrected chi connectivity index (χ1v) is 7.69. The lowest BCUT2D eigenvalue weighted by Gasteiger charge is -2.40. The molecule has 9 heteroatoms. The van der Waals surface area contributed by atoms with Gasteiger partial charge in [-0.2, -0.15) is 0 Å². The Balaban J connectivity index is 2.04. The minimum atomic E-state index is -1.60. The highest BCUT2D eigenvalue weighted by Gasteiger charge is 2.47. The average molecular weight is 358 g/mol. The summed E-state index contributed by atoms with van der Waals surface area (Å²) < 4.78 is 10.8. The average Bonchev–Trinajstić information content (AvgIpc) is 2.78. The second-order valence-electron chi connectivity index (χ2n) is 5.04. The van der Waals surface area contributed by atoms with Crippen molar-refractivity contribution in [2.75, 3.05) is 24.5 Å². The molecule has 0 aromatic carbocycles. The van der Waals surface area contributed by atoms with Crippen LogP contribution < -0.4 is 10.2 Å². The molecule has 1 N–H and O–H groups in total. The van der Waals surface area contributed by atoms with Crippen LogP contribution in [0.4, 0.5) is 5.69 Å². The van der Waals surface area contributed by atoms with Crippen LogP contribution >= 0.6 is 23.2 Å². The molecular formula is C14H13Cl2N3O4. The molecule has 0 radical (unpaired) electrons. The maximum Gasteiger partial charge on any atom is 0.356 e. The molecule has 7 nitrogen and oxygen atoms in total. The van der Waals surface area contributed by atoms with Crippen molar-refractivity contribution < 1.29 is 19.1 Å². The Morgan fingerprint density at radius 3 is 2.57 bits per heavy atom. The Bertz CT molecular complexity index is 660. The van der Waals surface area contributed by atoms with Crippen LogP contribution in [0.25, 0.3) is 0 Å². The second kappa shape index (κ2) is 6.35. The van der Waals surface area contributed by atoms with Crippen LogP contribution in [0.15, 0.2) is 24.4 Å². The smallest absolute Gasteiger partial charge is 0.356 e. The van der Waals surface area contributed by atoms with E-state index in [1.807, 2.05) is 0 Å². The standard InChI is InChI=1S/C14H13Cl2N3O4/c15-10-6-9(7-18-13(10)16)19-5-1-4-17-8-14(19)22-11(20)2-3-12(21)23-14/h2-3,6-7,17H,1,4-5,8H2. The summed E-state index contributed by atoms with van der Waals surface area (Å²) in [6, 6.07) is 1.59. The topological polar surface area (TPSA) is 80.8 Å².